The molecule has 7 nitrogen and oxygen atoms in total. The van der Waals surface area contributed by atoms with Gasteiger partial charge in [-0.3, -0.25) is 4.79 Å². The standard InChI is InChI=1S/C24H36N6O/c1-24(2,3)14-17-7-12-28(13-8-17)23(31)18-15-29(16-18)22-19-4-9-25-10-5-20(19)27-21-6-11-26-30(21)22/h6,11,17-18,25H,4-5,7-10,12-16H2,1-3H3. The van der Waals surface area contributed by atoms with Crippen LogP contribution in [0.25, 0.3) is 5.65 Å². The Hall–Kier alpha value is -2.15. The largest absolute Gasteiger partial charge is 0.354 e. The van der Waals surface area contributed by atoms with Gasteiger partial charge in [0.05, 0.1) is 17.8 Å². The fraction of sp³-hybridized carbons (Fsp3) is 0.708. The maximum atomic E-state index is 13.2. The summed E-state index contributed by atoms with van der Waals surface area (Å²) in [5.74, 6) is 2.37. The van der Waals surface area contributed by atoms with E-state index in [9.17, 15) is 4.79 Å². The Morgan fingerprint density at radius 3 is 2.65 bits per heavy atom. The average Bonchev–Trinajstić information content (AvgIpc) is 3.02. The van der Waals surface area contributed by atoms with Crippen LogP contribution in [0, 0.1) is 17.3 Å². The van der Waals surface area contributed by atoms with Crippen molar-refractivity contribution in [2.24, 2.45) is 17.3 Å². The number of hydrogen-bond donors (Lipinski definition) is 1. The van der Waals surface area contributed by atoms with Gasteiger partial charge in [-0.2, -0.15) is 9.61 Å². The second kappa shape index (κ2) is 8.08. The van der Waals surface area contributed by atoms with Gasteiger partial charge in [0.25, 0.3) is 0 Å². The number of amides is 1. The molecule has 1 N–H and O–H groups in total. The molecule has 2 fully saturated rings. The van der Waals surface area contributed by atoms with Crippen molar-refractivity contribution in [3.63, 3.8) is 0 Å². The van der Waals surface area contributed by atoms with Crippen LogP contribution in [0.1, 0.15) is 51.3 Å². The zero-order chi connectivity index (χ0) is 21.6. The molecule has 0 spiro atoms. The Kier molecular flexibility index (Phi) is 5.40. The summed E-state index contributed by atoms with van der Waals surface area (Å²) >= 11 is 0. The van der Waals surface area contributed by atoms with Crippen LogP contribution in [0.2, 0.25) is 0 Å². The lowest BCUT2D eigenvalue weighted by atomic mass is 9.80. The van der Waals surface area contributed by atoms with E-state index in [1.54, 1.807) is 0 Å². The third kappa shape index (κ3) is 4.16. The molecule has 0 radical (unpaired) electrons. The minimum atomic E-state index is 0.109. The number of carbonyl (C=O) groups is 1. The van der Waals surface area contributed by atoms with E-state index in [2.05, 4.69) is 41.0 Å². The van der Waals surface area contributed by atoms with Crippen molar-refractivity contribution in [1.29, 1.82) is 0 Å². The van der Waals surface area contributed by atoms with Gasteiger partial charge in [0.15, 0.2) is 5.65 Å². The molecule has 3 aliphatic heterocycles. The van der Waals surface area contributed by atoms with Gasteiger partial charge in [0, 0.05) is 50.8 Å². The quantitative estimate of drug-likeness (QED) is 0.820. The molecule has 2 saturated heterocycles. The highest BCUT2D eigenvalue weighted by atomic mass is 16.2. The monoisotopic (exact) mass is 424 g/mol. The first kappa shape index (κ1) is 20.7. The maximum absolute atomic E-state index is 13.2. The third-order valence-corrected chi connectivity index (χ3v) is 7.14. The molecule has 0 unspecified atom stereocenters. The molecule has 0 aromatic carbocycles. The summed E-state index contributed by atoms with van der Waals surface area (Å²) in [5.41, 5.74) is 3.77. The van der Waals surface area contributed by atoms with Crippen molar-refractivity contribution >= 4 is 17.4 Å². The molecule has 0 atom stereocenters. The van der Waals surface area contributed by atoms with Crippen molar-refractivity contribution < 1.29 is 4.79 Å². The van der Waals surface area contributed by atoms with Gasteiger partial charge >= 0.3 is 0 Å². The van der Waals surface area contributed by atoms with E-state index in [0.717, 1.165) is 82.3 Å². The number of likely N-dealkylation sites (tertiary alicyclic amines) is 1. The minimum absolute atomic E-state index is 0.109. The molecule has 0 bridgehead atoms. The molecule has 1 amide bonds. The molecule has 31 heavy (non-hydrogen) atoms. The van der Waals surface area contributed by atoms with E-state index < -0.39 is 0 Å². The zero-order valence-electron chi connectivity index (χ0n) is 19.2. The first-order valence-electron chi connectivity index (χ1n) is 12.0. The van der Waals surface area contributed by atoms with E-state index >= 15 is 0 Å². The molecule has 0 saturated carbocycles. The number of fused-ring (bicyclic) bond motifs is 2. The SMILES string of the molecule is CC(C)(C)CC1CCN(C(=O)C2CN(c3c4c(nc5ccnn35)CCNCC4)C2)CC1. The zero-order valence-corrected chi connectivity index (χ0v) is 19.2. The van der Waals surface area contributed by atoms with E-state index in [1.165, 1.54) is 17.7 Å². The normalized spacial score (nSPS) is 21.1. The molecule has 2 aromatic heterocycles. The second-order valence-electron chi connectivity index (χ2n) is 10.8. The van der Waals surface area contributed by atoms with Crippen molar-refractivity contribution in [1.82, 2.24) is 24.8 Å². The van der Waals surface area contributed by atoms with Crippen LogP contribution in [-0.4, -0.2) is 64.7 Å². The first-order valence-corrected chi connectivity index (χ1v) is 12.0. The average molecular weight is 425 g/mol. The second-order valence-corrected chi connectivity index (χ2v) is 10.8. The Morgan fingerprint density at radius 2 is 1.90 bits per heavy atom. The number of carbonyl (C=O) groups excluding carboxylic acids is 1. The van der Waals surface area contributed by atoms with E-state index in [-0.39, 0.29) is 5.92 Å². The molecule has 5 rings (SSSR count). The van der Waals surface area contributed by atoms with Gasteiger partial charge in [-0.25, -0.2) is 4.98 Å². The van der Waals surface area contributed by atoms with Crippen LogP contribution in [0.3, 0.4) is 0 Å². The van der Waals surface area contributed by atoms with Gasteiger partial charge in [-0.1, -0.05) is 20.8 Å². The Bertz CT molecular complexity index is 947. The summed E-state index contributed by atoms with van der Waals surface area (Å²) in [6, 6.07) is 1.98. The summed E-state index contributed by atoms with van der Waals surface area (Å²) in [7, 11) is 0. The highest BCUT2D eigenvalue weighted by molar-refractivity contribution is 5.82. The lowest BCUT2D eigenvalue weighted by molar-refractivity contribution is -0.137. The lowest BCUT2D eigenvalue weighted by Crippen LogP contribution is -2.56. The van der Waals surface area contributed by atoms with Gasteiger partial charge in [0.2, 0.25) is 5.91 Å². The highest BCUT2D eigenvalue weighted by Gasteiger charge is 2.39. The maximum Gasteiger partial charge on any atom is 0.229 e. The molecule has 7 heteroatoms. The Labute approximate surface area is 185 Å². The molecule has 2 aromatic rings. The highest BCUT2D eigenvalue weighted by Crippen LogP contribution is 2.34. The fourth-order valence-electron chi connectivity index (χ4n) is 5.63. The molecule has 168 valence electrons. The van der Waals surface area contributed by atoms with Crippen LogP contribution in [0.4, 0.5) is 5.82 Å². The number of aromatic nitrogens is 3. The topological polar surface area (TPSA) is 65.8 Å². The Morgan fingerprint density at radius 1 is 1.16 bits per heavy atom. The van der Waals surface area contributed by atoms with Crippen molar-refractivity contribution in [3.05, 3.63) is 23.5 Å². The van der Waals surface area contributed by atoms with Crippen LogP contribution in [-0.2, 0) is 17.6 Å². The van der Waals surface area contributed by atoms with Gasteiger partial charge < -0.3 is 15.1 Å². The smallest absolute Gasteiger partial charge is 0.229 e. The van der Waals surface area contributed by atoms with Crippen LogP contribution in [0.15, 0.2) is 12.3 Å². The van der Waals surface area contributed by atoms with Crippen molar-refractivity contribution in [3.8, 4) is 0 Å². The van der Waals surface area contributed by atoms with E-state index in [4.69, 9.17) is 4.98 Å². The summed E-state index contributed by atoms with van der Waals surface area (Å²) in [6.07, 6.45) is 7.30. The van der Waals surface area contributed by atoms with E-state index in [0.29, 0.717) is 11.3 Å². The number of piperidine rings is 1. The summed E-state index contributed by atoms with van der Waals surface area (Å²) in [5, 5.41) is 8.04. The summed E-state index contributed by atoms with van der Waals surface area (Å²) in [4.78, 5) is 22.5. The first-order chi connectivity index (χ1) is 14.9. The van der Waals surface area contributed by atoms with Crippen LogP contribution >= 0.6 is 0 Å². The van der Waals surface area contributed by atoms with Crippen molar-refractivity contribution in [2.45, 2.75) is 52.9 Å². The lowest BCUT2D eigenvalue weighted by Gasteiger charge is -2.44. The summed E-state index contributed by atoms with van der Waals surface area (Å²) in [6.45, 7) is 12.3. The molecular formula is C24H36N6O. The predicted molar refractivity (Wildman–Crippen MR) is 122 cm³/mol. The van der Waals surface area contributed by atoms with Gasteiger partial charge in [-0.15, -0.1) is 0 Å². The number of nitrogens with zero attached hydrogens (tertiary/aromatic N) is 5. The number of anilines is 1. The number of hydrogen-bond acceptors (Lipinski definition) is 5. The van der Waals surface area contributed by atoms with E-state index in [1.807, 2.05) is 16.8 Å². The summed E-state index contributed by atoms with van der Waals surface area (Å²) < 4.78 is 1.98. The molecule has 0 aliphatic carbocycles. The van der Waals surface area contributed by atoms with Crippen molar-refractivity contribution in [2.75, 3.05) is 44.2 Å². The predicted octanol–water partition coefficient (Wildman–Crippen LogP) is 2.53. The molecule has 3 aliphatic rings. The van der Waals surface area contributed by atoms with Gasteiger partial charge in [-0.05, 0) is 43.6 Å². The van der Waals surface area contributed by atoms with Crippen LogP contribution in [0.5, 0.6) is 0 Å². The molecule has 5 heterocycles. The third-order valence-electron chi connectivity index (χ3n) is 7.14. The van der Waals surface area contributed by atoms with Crippen LogP contribution < -0.4 is 10.2 Å². The Balaban J connectivity index is 1.25. The fourth-order valence-corrected chi connectivity index (χ4v) is 5.63. The number of nitrogens with one attached hydrogen (secondary N) is 1. The number of rotatable bonds is 3. The minimum Gasteiger partial charge on any atom is -0.354 e. The molecular weight excluding hydrogens is 388 g/mol. The van der Waals surface area contributed by atoms with Gasteiger partial charge in [0.1, 0.15) is 5.82 Å².